The molecule has 1 heterocycles. The van der Waals surface area contributed by atoms with E-state index in [0.29, 0.717) is 0 Å². The Balaban J connectivity index is 1.83. The summed E-state index contributed by atoms with van der Waals surface area (Å²) in [7, 11) is 0. The van der Waals surface area contributed by atoms with Gasteiger partial charge in [-0.2, -0.15) is 0 Å². The third-order valence-corrected chi connectivity index (χ3v) is 5.24. The monoisotopic (exact) mass is 252 g/mol. The van der Waals surface area contributed by atoms with Gasteiger partial charge in [-0.3, -0.25) is 4.90 Å². The highest BCUT2D eigenvalue weighted by Crippen LogP contribution is 2.42. The summed E-state index contributed by atoms with van der Waals surface area (Å²) < 4.78 is 0. The third kappa shape index (κ3) is 3.08. The Bertz CT molecular complexity index is 253. The Hall–Kier alpha value is -0.0800. The standard InChI is InChI=1S/C16H32N2/c1-5-7-14-11-16(14)18-10-8-15(17-9-6-2)12(3)13(18)4/h12-17H,5-11H2,1-4H3. The fourth-order valence-corrected chi connectivity index (χ4v) is 3.80. The van der Waals surface area contributed by atoms with Gasteiger partial charge in [0.25, 0.3) is 0 Å². The van der Waals surface area contributed by atoms with Crippen molar-refractivity contribution in [2.75, 3.05) is 13.1 Å². The molecule has 106 valence electrons. The van der Waals surface area contributed by atoms with Crippen LogP contribution in [0.1, 0.15) is 59.8 Å². The van der Waals surface area contributed by atoms with Crippen LogP contribution in [0.5, 0.6) is 0 Å². The molecule has 0 bridgehead atoms. The molecule has 0 spiro atoms. The van der Waals surface area contributed by atoms with Gasteiger partial charge in [0, 0.05) is 24.7 Å². The molecule has 1 aliphatic carbocycles. The Morgan fingerprint density at radius 1 is 1.17 bits per heavy atom. The SMILES string of the molecule is CCCNC1CCN(C2CC2CCC)C(C)C1C. The molecule has 18 heavy (non-hydrogen) atoms. The quantitative estimate of drug-likeness (QED) is 0.780. The first-order valence-corrected chi connectivity index (χ1v) is 8.18. The molecule has 0 aromatic carbocycles. The molecule has 1 saturated carbocycles. The maximum atomic E-state index is 3.74. The lowest BCUT2D eigenvalue weighted by Crippen LogP contribution is -2.54. The summed E-state index contributed by atoms with van der Waals surface area (Å²) >= 11 is 0. The molecule has 2 aliphatic rings. The fourth-order valence-electron chi connectivity index (χ4n) is 3.80. The Morgan fingerprint density at radius 3 is 2.61 bits per heavy atom. The molecule has 0 radical (unpaired) electrons. The molecule has 1 aliphatic heterocycles. The van der Waals surface area contributed by atoms with Crippen LogP contribution in [0, 0.1) is 11.8 Å². The highest BCUT2D eigenvalue weighted by molar-refractivity contribution is 5.00. The minimum atomic E-state index is 0.750. The van der Waals surface area contributed by atoms with Crippen LogP contribution in [-0.4, -0.2) is 36.1 Å². The van der Waals surface area contributed by atoms with E-state index < -0.39 is 0 Å². The fraction of sp³-hybridized carbons (Fsp3) is 1.00. The van der Waals surface area contributed by atoms with E-state index in [1.165, 1.54) is 45.2 Å². The lowest BCUT2D eigenvalue weighted by Gasteiger charge is -2.43. The van der Waals surface area contributed by atoms with Gasteiger partial charge in [-0.15, -0.1) is 0 Å². The number of nitrogens with one attached hydrogen (secondary N) is 1. The second-order valence-corrected chi connectivity index (χ2v) is 6.54. The van der Waals surface area contributed by atoms with E-state index in [1.807, 2.05) is 0 Å². The van der Waals surface area contributed by atoms with Crippen LogP contribution in [-0.2, 0) is 0 Å². The molecule has 5 unspecified atom stereocenters. The van der Waals surface area contributed by atoms with Crippen LogP contribution >= 0.6 is 0 Å². The van der Waals surface area contributed by atoms with E-state index >= 15 is 0 Å². The maximum absolute atomic E-state index is 3.74. The zero-order chi connectivity index (χ0) is 13.1. The maximum Gasteiger partial charge on any atom is 0.0130 e. The van der Waals surface area contributed by atoms with Crippen LogP contribution in [0.15, 0.2) is 0 Å². The van der Waals surface area contributed by atoms with E-state index in [-0.39, 0.29) is 0 Å². The predicted octanol–water partition coefficient (Wildman–Crippen LogP) is 3.27. The van der Waals surface area contributed by atoms with E-state index in [9.17, 15) is 0 Å². The number of nitrogens with zero attached hydrogens (tertiary/aromatic N) is 1. The van der Waals surface area contributed by atoms with Gasteiger partial charge in [0.1, 0.15) is 0 Å². The minimum Gasteiger partial charge on any atom is -0.314 e. The Kier molecular flexibility index (Phi) is 5.08. The van der Waals surface area contributed by atoms with Crippen molar-refractivity contribution >= 4 is 0 Å². The molecular formula is C16H32N2. The van der Waals surface area contributed by atoms with Gasteiger partial charge in [0.05, 0.1) is 0 Å². The lowest BCUT2D eigenvalue weighted by molar-refractivity contribution is 0.0729. The first-order valence-electron chi connectivity index (χ1n) is 8.18. The van der Waals surface area contributed by atoms with Gasteiger partial charge in [0.15, 0.2) is 0 Å². The van der Waals surface area contributed by atoms with Gasteiger partial charge in [-0.05, 0) is 51.0 Å². The summed E-state index contributed by atoms with van der Waals surface area (Å²) in [5.74, 6) is 1.82. The average molecular weight is 252 g/mol. The summed E-state index contributed by atoms with van der Waals surface area (Å²) in [6, 6.07) is 2.44. The van der Waals surface area contributed by atoms with Gasteiger partial charge in [-0.25, -0.2) is 0 Å². The number of hydrogen-bond acceptors (Lipinski definition) is 2. The lowest BCUT2D eigenvalue weighted by atomic mass is 9.86. The molecule has 0 aromatic rings. The van der Waals surface area contributed by atoms with Crippen LogP contribution in [0.4, 0.5) is 0 Å². The van der Waals surface area contributed by atoms with Crippen LogP contribution < -0.4 is 5.32 Å². The largest absolute Gasteiger partial charge is 0.314 e. The smallest absolute Gasteiger partial charge is 0.0130 e. The highest BCUT2D eigenvalue weighted by atomic mass is 15.2. The van der Waals surface area contributed by atoms with Crippen molar-refractivity contribution in [1.29, 1.82) is 0 Å². The normalized spacial score (nSPS) is 41.0. The molecule has 1 saturated heterocycles. The van der Waals surface area contributed by atoms with E-state index in [0.717, 1.165) is 30.0 Å². The zero-order valence-corrected chi connectivity index (χ0v) is 12.8. The summed E-state index contributed by atoms with van der Waals surface area (Å²) in [5.41, 5.74) is 0. The number of hydrogen-bond donors (Lipinski definition) is 1. The van der Waals surface area contributed by atoms with Crippen molar-refractivity contribution < 1.29 is 0 Å². The van der Waals surface area contributed by atoms with E-state index in [4.69, 9.17) is 0 Å². The Labute approximate surface area is 114 Å². The van der Waals surface area contributed by atoms with Crippen LogP contribution in [0.2, 0.25) is 0 Å². The van der Waals surface area contributed by atoms with Gasteiger partial charge in [-0.1, -0.05) is 27.2 Å². The third-order valence-electron chi connectivity index (χ3n) is 5.24. The molecule has 5 atom stereocenters. The topological polar surface area (TPSA) is 15.3 Å². The van der Waals surface area contributed by atoms with Crippen LogP contribution in [0.25, 0.3) is 0 Å². The Morgan fingerprint density at radius 2 is 1.94 bits per heavy atom. The van der Waals surface area contributed by atoms with Crippen molar-refractivity contribution in [1.82, 2.24) is 10.2 Å². The molecule has 1 N–H and O–H groups in total. The molecule has 2 fully saturated rings. The number of rotatable bonds is 6. The minimum absolute atomic E-state index is 0.750. The zero-order valence-electron chi connectivity index (χ0n) is 12.8. The van der Waals surface area contributed by atoms with E-state index in [2.05, 4.69) is 37.9 Å². The van der Waals surface area contributed by atoms with E-state index in [1.54, 1.807) is 0 Å². The molecule has 0 aromatic heterocycles. The van der Waals surface area contributed by atoms with Crippen molar-refractivity contribution in [2.24, 2.45) is 11.8 Å². The van der Waals surface area contributed by atoms with Gasteiger partial charge < -0.3 is 5.32 Å². The van der Waals surface area contributed by atoms with Crippen molar-refractivity contribution in [3.63, 3.8) is 0 Å². The predicted molar refractivity (Wildman–Crippen MR) is 78.8 cm³/mol. The van der Waals surface area contributed by atoms with Crippen molar-refractivity contribution in [2.45, 2.75) is 77.9 Å². The summed E-state index contributed by atoms with van der Waals surface area (Å²) in [6.45, 7) is 12.0. The van der Waals surface area contributed by atoms with Crippen molar-refractivity contribution in [3.05, 3.63) is 0 Å². The molecule has 0 amide bonds. The molecular weight excluding hydrogens is 220 g/mol. The molecule has 2 rings (SSSR count). The summed E-state index contributed by atoms with van der Waals surface area (Å²) in [6.07, 6.45) is 6.88. The summed E-state index contributed by atoms with van der Waals surface area (Å²) in [5, 5.41) is 3.74. The highest BCUT2D eigenvalue weighted by Gasteiger charge is 2.45. The number of piperidine rings is 1. The second kappa shape index (κ2) is 6.38. The van der Waals surface area contributed by atoms with Crippen LogP contribution in [0.3, 0.4) is 0 Å². The van der Waals surface area contributed by atoms with Gasteiger partial charge >= 0.3 is 0 Å². The first-order chi connectivity index (χ1) is 8.69. The van der Waals surface area contributed by atoms with Gasteiger partial charge in [0.2, 0.25) is 0 Å². The molecule has 2 heteroatoms. The van der Waals surface area contributed by atoms with Crippen molar-refractivity contribution in [3.8, 4) is 0 Å². The summed E-state index contributed by atoms with van der Waals surface area (Å²) in [4.78, 5) is 2.81. The molecule has 2 nitrogen and oxygen atoms in total. The number of likely N-dealkylation sites (tertiary alicyclic amines) is 1. The average Bonchev–Trinajstić information content (AvgIpc) is 3.11. The first kappa shape index (κ1) is 14.3. The second-order valence-electron chi connectivity index (χ2n) is 6.54.